The van der Waals surface area contributed by atoms with Gasteiger partial charge in [0, 0.05) is 11.2 Å². The van der Waals surface area contributed by atoms with E-state index in [2.05, 4.69) is 20.7 Å². The molecule has 0 aliphatic carbocycles. The standard InChI is InChI=1S/C25H27FN6O4/c1-15-6-12-19(35-15)22(24(34)27-25(3,4)5)32(18-10-8-17(26)9-11-18)21(33)14-31-29-23(28-30-31)20-13-7-16(2)36-20/h6-13,22H,14H2,1-5H3,(H,27,34). The van der Waals surface area contributed by atoms with Crippen molar-refractivity contribution in [2.75, 3.05) is 4.90 Å². The maximum atomic E-state index is 13.7. The number of aryl methyl sites for hydroxylation is 2. The Morgan fingerprint density at radius 3 is 2.28 bits per heavy atom. The van der Waals surface area contributed by atoms with E-state index in [0.717, 1.165) is 4.80 Å². The Morgan fingerprint density at radius 2 is 1.69 bits per heavy atom. The molecule has 188 valence electrons. The SMILES string of the molecule is Cc1ccc(-c2nnn(CC(=O)N(c3ccc(F)cc3)C(C(=O)NC(C)(C)C)c3ccc(C)o3)n2)o1. The smallest absolute Gasteiger partial charge is 0.251 e. The largest absolute Gasteiger partial charge is 0.464 e. The topological polar surface area (TPSA) is 119 Å². The fraction of sp³-hybridized carbons (Fsp3) is 0.320. The molecular weight excluding hydrogens is 467 g/mol. The summed E-state index contributed by atoms with van der Waals surface area (Å²) in [5.41, 5.74) is -0.288. The van der Waals surface area contributed by atoms with Gasteiger partial charge >= 0.3 is 0 Å². The van der Waals surface area contributed by atoms with E-state index < -0.39 is 29.2 Å². The van der Waals surface area contributed by atoms with Crippen LogP contribution in [-0.4, -0.2) is 37.6 Å². The lowest BCUT2D eigenvalue weighted by molar-refractivity contribution is -0.128. The van der Waals surface area contributed by atoms with Gasteiger partial charge in [0.2, 0.25) is 5.82 Å². The van der Waals surface area contributed by atoms with E-state index in [9.17, 15) is 14.0 Å². The Morgan fingerprint density at radius 1 is 1.03 bits per heavy atom. The van der Waals surface area contributed by atoms with Crippen LogP contribution in [0.2, 0.25) is 0 Å². The summed E-state index contributed by atoms with van der Waals surface area (Å²) in [6, 6.07) is 10.9. The average Bonchev–Trinajstić information content (AvgIpc) is 3.53. The molecule has 0 aliphatic rings. The highest BCUT2D eigenvalue weighted by molar-refractivity contribution is 6.01. The number of nitrogens with one attached hydrogen (secondary N) is 1. The summed E-state index contributed by atoms with van der Waals surface area (Å²) in [5, 5.41) is 15.1. The molecule has 0 spiro atoms. The van der Waals surface area contributed by atoms with Crippen LogP contribution < -0.4 is 10.2 Å². The predicted octanol–water partition coefficient (Wildman–Crippen LogP) is 3.97. The number of rotatable bonds is 7. The van der Waals surface area contributed by atoms with Gasteiger partial charge in [0.25, 0.3) is 11.8 Å². The fourth-order valence-electron chi connectivity index (χ4n) is 3.61. The first kappa shape index (κ1) is 24.8. The van der Waals surface area contributed by atoms with Crippen LogP contribution in [0.3, 0.4) is 0 Å². The zero-order valence-electron chi connectivity index (χ0n) is 20.7. The molecule has 0 saturated carbocycles. The Hall–Kier alpha value is -4.28. The molecule has 0 saturated heterocycles. The minimum absolute atomic E-state index is 0.216. The third-order valence-electron chi connectivity index (χ3n) is 5.10. The first-order valence-corrected chi connectivity index (χ1v) is 11.3. The van der Waals surface area contributed by atoms with Crippen molar-refractivity contribution in [2.24, 2.45) is 0 Å². The van der Waals surface area contributed by atoms with Crippen LogP contribution in [0.1, 0.15) is 44.1 Å². The predicted molar refractivity (Wildman–Crippen MR) is 128 cm³/mol. The summed E-state index contributed by atoms with van der Waals surface area (Å²) < 4.78 is 25.0. The van der Waals surface area contributed by atoms with Crippen LogP contribution in [0.25, 0.3) is 11.6 Å². The second-order valence-electron chi connectivity index (χ2n) is 9.38. The molecule has 0 fully saturated rings. The Bertz CT molecular complexity index is 1370. The van der Waals surface area contributed by atoms with Crippen LogP contribution >= 0.6 is 0 Å². The number of amides is 2. The normalized spacial score (nSPS) is 12.4. The van der Waals surface area contributed by atoms with Crippen LogP contribution in [0.5, 0.6) is 0 Å². The summed E-state index contributed by atoms with van der Waals surface area (Å²) in [4.78, 5) is 29.6. The van der Waals surface area contributed by atoms with E-state index in [1.165, 1.54) is 29.2 Å². The molecule has 0 radical (unpaired) electrons. The van der Waals surface area contributed by atoms with Gasteiger partial charge < -0.3 is 14.2 Å². The number of anilines is 1. The molecular formula is C25H27FN6O4. The van der Waals surface area contributed by atoms with Gasteiger partial charge in [-0.3, -0.25) is 14.5 Å². The van der Waals surface area contributed by atoms with Crippen molar-refractivity contribution in [3.05, 3.63) is 71.6 Å². The van der Waals surface area contributed by atoms with Gasteiger partial charge in [-0.25, -0.2) is 4.39 Å². The maximum Gasteiger partial charge on any atom is 0.251 e. The lowest BCUT2D eigenvalue weighted by Gasteiger charge is -2.32. The van der Waals surface area contributed by atoms with E-state index in [0.29, 0.717) is 23.0 Å². The monoisotopic (exact) mass is 494 g/mol. The van der Waals surface area contributed by atoms with E-state index in [1.807, 2.05) is 20.8 Å². The van der Waals surface area contributed by atoms with Crippen molar-refractivity contribution in [1.29, 1.82) is 0 Å². The third kappa shape index (κ3) is 5.68. The molecule has 1 unspecified atom stereocenters. The van der Waals surface area contributed by atoms with Crippen LogP contribution in [0.4, 0.5) is 10.1 Å². The summed E-state index contributed by atoms with van der Waals surface area (Å²) in [6.45, 7) is 8.67. The molecule has 1 atom stereocenters. The van der Waals surface area contributed by atoms with Crippen molar-refractivity contribution in [1.82, 2.24) is 25.5 Å². The van der Waals surface area contributed by atoms with Crippen molar-refractivity contribution >= 4 is 17.5 Å². The molecule has 3 aromatic heterocycles. The van der Waals surface area contributed by atoms with Crippen LogP contribution in [0.15, 0.2) is 57.4 Å². The summed E-state index contributed by atoms with van der Waals surface area (Å²) in [6.07, 6.45) is 0. The number of furan rings is 2. The molecule has 11 heteroatoms. The Kier molecular flexibility index (Phi) is 6.73. The van der Waals surface area contributed by atoms with Crippen molar-refractivity contribution in [3.63, 3.8) is 0 Å². The van der Waals surface area contributed by atoms with Crippen LogP contribution in [0, 0.1) is 19.7 Å². The fourth-order valence-corrected chi connectivity index (χ4v) is 3.61. The van der Waals surface area contributed by atoms with Gasteiger partial charge in [-0.1, -0.05) is 0 Å². The third-order valence-corrected chi connectivity index (χ3v) is 5.10. The van der Waals surface area contributed by atoms with E-state index >= 15 is 0 Å². The van der Waals surface area contributed by atoms with Gasteiger partial charge in [-0.15, -0.1) is 10.2 Å². The molecule has 4 rings (SSSR count). The summed E-state index contributed by atoms with van der Waals surface area (Å²) in [5.74, 6) is 0.653. The number of nitrogens with zero attached hydrogens (tertiary/aromatic N) is 5. The number of aromatic nitrogens is 4. The van der Waals surface area contributed by atoms with Crippen LogP contribution in [-0.2, 0) is 16.1 Å². The van der Waals surface area contributed by atoms with E-state index in [-0.39, 0.29) is 18.1 Å². The molecule has 1 aromatic carbocycles. The van der Waals surface area contributed by atoms with E-state index in [1.54, 1.807) is 38.1 Å². The molecule has 1 N–H and O–H groups in total. The first-order chi connectivity index (χ1) is 17.0. The summed E-state index contributed by atoms with van der Waals surface area (Å²) in [7, 11) is 0. The number of carbonyl (C=O) groups excluding carboxylic acids is 2. The molecule has 0 aliphatic heterocycles. The Labute approximate surface area is 207 Å². The molecule has 0 bridgehead atoms. The number of benzene rings is 1. The first-order valence-electron chi connectivity index (χ1n) is 11.3. The molecule has 3 heterocycles. The molecule has 4 aromatic rings. The van der Waals surface area contributed by atoms with Gasteiger partial charge in [0.15, 0.2) is 11.8 Å². The quantitative estimate of drug-likeness (QED) is 0.413. The number of halogens is 1. The maximum absolute atomic E-state index is 13.7. The lowest BCUT2D eigenvalue weighted by atomic mass is 10.1. The van der Waals surface area contributed by atoms with Crippen molar-refractivity contribution in [2.45, 2.75) is 52.7 Å². The average molecular weight is 495 g/mol. The number of carbonyl (C=O) groups is 2. The van der Waals surface area contributed by atoms with Crippen molar-refractivity contribution in [3.8, 4) is 11.6 Å². The number of hydrogen-bond donors (Lipinski definition) is 1. The number of hydrogen-bond acceptors (Lipinski definition) is 7. The number of tetrazole rings is 1. The Balaban J connectivity index is 1.72. The second kappa shape index (κ2) is 9.76. The highest BCUT2D eigenvalue weighted by Crippen LogP contribution is 2.30. The lowest BCUT2D eigenvalue weighted by Crippen LogP contribution is -2.50. The molecule has 2 amide bonds. The minimum atomic E-state index is -1.17. The highest BCUT2D eigenvalue weighted by Gasteiger charge is 2.37. The summed E-state index contributed by atoms with van der Waals surface area (Å²) >= 11 is 0. The highest BCUT2D eigenvalue weighted by atomic mass is 19.1. The van der Waals surface area contributed by atoms with Gasteiger partial charge in [0.1, 0.15) is 29.6 Å². The molecule has 36 heavy (non-hydrogen) atoms. The van der Waals surface area contributed by atoms with Crippen molar-refractivity contribution < 1.29 is 22.8 Å². The second-order valence-corrected chi connectivity index (χ2v) is 9.38. The van der Waals surface area contributed by atoms with E-state index in [4.69, 9.17) is 8.83 Å². The molecule has 10 nitrogen and oxygen atoms in total. The van der Waals surface area contributed by atoms with Gasteiger partial charge in [0.05, 0.1) is 0 Å². The van der Waals surface area contributed by atoms with Gasteiger partial charge in [-0.05, 0) is 88.4 Å². The zero-order valence-corrected chi connectivity index (χ0v) is 20.7. The minimum Gasteiger partial charge on any atom is -0.464 e. The van der Waals surface area contributed by atoms with Gasteiger partial charge in [-0.2, -0.15) is 4.80 Å². The zero-order chi connectivity index (χ0) is 26.0.